The SMILES string of the molecule is Cc1cccc(CC(N)Cc2cccnc2N)c1. The number of nitrogen functional groups attached to an aromatic ring is 1. The Kier molecular flexibility index (Phi) is 3.95. The number of aromatic nitrogens is 1. The number of hydrogen-bond acceptors (Lipinski definition) is 3. The minimum Gasteiger partial charge on any atom is -0.383 e. The highest BCUT2D eigenvalue weighted by atomic mass is 14.8. The molecule has 1 unspecified atom stereocenters. The second-order valence-corrected chi connectivity index (χ2v) is 4.71. The number of hydrogen-bond donors (Lipinski definition) is 2. The van der Waals surface area contributed by atoms with Crippen LogP contribution in [-0.2, 0) is 12.8 Å². The molecule has 0 spiro atoms. The van der Waals surface area contributed by atoms with Crippen LogP contribution in [0.1, 0.15) is 16.7 Å². The van der Waals surface area contributed by atoms with E-state index in [0.717, 1.165) is 18.4 Å². The van der Waals surface area contributed by atoms with E-state index in [1.807, 2.05) is 12.1 Å². The lowest BCUT2D eigenvalue weighted by Crippen LogP contribution is -2.26. The summed E-state index contributed by atoms with van der Waals surface area (Å²) in [6, 6.07) is 12.4. The number of anilines is 1. The third-order valence-corrected chi connectivity index (χ3v) is 2.99. The maximum Gasteiger partial charge on any atom is 0.126 e. The van der Waals surface area contributed by atoms with Crippen LogP contribution in [-0.4, -0.2) is 11.0 Å². The second kappa shape index (κ2) is 5.65. The summed E-state index contributed by atoms with van der Waals surface area (Å²) in [7, 11) is 0. The van der Waals surface area contributed by atoms with Crippen molar-refractivity contribution in [2.24, 2.45) is 5.73 Å². The Balaban J connectivity index is 2.01. The van der Waals surface area contributed by atoms with E-state index < -0.39 is 0 Å². The molecule has 0 radical (unpaired) electrons. The summed E-state index contributed by atoms with van der Waals surface area (Å²) in [6.07, 6.45) is 3.31. The molecule has 2 rings (SSSR count). The first kappa shape index (κ1) is 12.6. The lowest BCUT2D eigenvalue weighted by molar-refractivity contribution is 0.664. The van der Waals surface area contributed by atoms with Crippen LogP contribution in [0.5, 0.6) is 0 Å². The highest BCUT2D eigenvalue weighted by molar-refractivity contribution is 5.39. The van der Waals surface area contributed by atoms with E-state index in [1.165, 1.54) is 11.1 Å². The van der Waals surface area contributed by atoms with Gasteiger partial charge in [-0.2, -0.15) is 0 Å². The van der Waals surface area contributed by atoms with Gasteiger partial charge in [0.25, 0.3) is 0 Å². The Morgan fingerprint density at radius 2 is 2.00 bits per heavy atom. The minimum absolute atomic E-state index is 0.0679. The Bertz CT molecular complexity index is 523. The van der Waals surface area contributed by atoms with Gasteiger partial charge in [0.15, 0.2) is 0 Å². The topological polar surface area (TPSA) is 64.9 Å². The fraction of sp³-hybridized carbons (Fsp3) is 0.267. The van der Waals surface area contributed by atoms with Gasteiger partial charge in [-0.3, -0.25) is 0 Å². The standard InChI is InChI=1S/C15H19N3/c1-11-4-2-5-12(8-11)9-14(16)10-13-6-3-7-18-15(13)17/h2-8,14H,9-10,16H2,1H3,(H2,17,18). The Morgan fingerprint density at radius 1 is 1.17 bits per heavy atom. The highest BCUT2D eigenvalue weighted by Crippen LogP contribution is 2.12. The first-order valence-electron chi connectivity index (χ1n) is 6.15. The van der Waals surface area contributed by atoms with E-state index in [1.54, 1.807) is 6.20 Å². The molecule has 94 valence electrons. The Hall–Kier alpha value is -1.87. The zero-order valence-corrected chi connectivity index (χ0v) is 10.6. The number of rotatable bonds is 4. The van der Waals surface area contributed by atoms with E-state index >= 15 is 0 Å². The van der Waals surface area contributed by atoms with Crippen molar-refractivity contribution in [1.29, 1.82) is 0 Å². The highest BCUT2D eigenvalue weighted by Gasteiger charge is 2.08. The summed E-state index contributed by atoms with van der Waals surface area (Å²) in [5.74, 6) is 0.581. The molecule has 0 amide bonds. The van der Waals surface area contributed by atoms with Gasteiger partial charge in [0, 0.05) is 12.2 Å². The van der Waals surface area contributed by atoms with Crippen LogP contribution < -0.4 is 11.5 Å². The van der Waals surface area contributed by atoms with Crippen LogP contribution in [0.4, 0.5) is 5.82 Å². The van der Waals surface area contributed by atoms with Crippen molar-refractivity contribution in [3.8, 4) is 0 Å². The molecule has 1 atom stereocenters. The Labute approximate surface area is 108 Å². The van der Waals surface area contributed by atoms with Gasteiger partial charge in [0.1, 0.15) is 5.82 Å². The van der Waals surface area contributed by atoms with E-state index in [2.05, 4.69) is 36.2 Å². The zero-order chi connectivity index (χ0) is 13.0. The van der Waals surface area contributed by atoms with E-state index in [0.29, 0.717) is 5.82 Å². The molecule has 3 heteroatoms. The van der Waals surface area contributed by atoms with Gasteiger partial charge < -0.3 is 11.5 Å². The predicted octanol–water partition coefficient (Wildman–Crippen LogP) is 2.08. The Morgan fingerprint density at radius 3 is 2.72 bits per heavy atom. The molecule has 0 aliphatic rings. The lowest BCUT2D eigenvalue weighted by Gasteiger charge is -2.13. The number of pyridine rings is 1. The molecule has 18 heavy (non-hydrogen) atoms. The van der Waals surface area contributed by atoms with Gasteiger partial charge in [-0.1, -0.05) is 35.9 Å². The monoisotopic (exact) mass is 241 g/mol. The van der Waals surface area contributed by atoms with Crippen LogP contribution in [0.15, 0.2) is 42.6 Å². The van der Waals surface area contributed by atoms with Gasteiger partial charge in [-0.25, -0.2) is 4.98 Å². The number of nitrogens with zero attached hydrogens (tertiary/aromatic N) is 1. The van der Waals surface area contributed by atoms with Gasteiger partial charge in [-0.05, 0) is 37.0 Å². The van der Waals surface area contributed by atoms with Crippen molar-refractivity contribution in [3.05, 3.63) is 59.3 Å². The smallest absolute Gasteiger partial charge is 0.126 e. The average molecular weight is 241 g/mol. The molecule has 1 heterocycles. The molecule has 0 bridgehead atoms. The van der Waals surface area contributed by atoms with Crippen molar-refractivity contribution in [3.63, 3.8) is 0 Å². The molecule has 3 nitrogen and oxygen atoms in total. The molecular weight excluding hydrogens is 222 g/mol. The molecule has 0 fully saturated rings. The van der Waals surface area contributed by atoms with Crippen LogP contribution >= 0.6 is 0 Å². The van der Waals surface area contributed by atoms with E-state index in [4.69, 9.17) is 11.5 Å². The predicted molar refractivity (Wildman–Crippen MR) is 75.2 cm³/mol. The molecule has 0 aliphatic carbocycles. The van der Waals surface area contributed by atoms with E-state index in [9.17, 15) is 0 Å². The number of benzene rings is 1. The molecular formula is C15H19N3. The van der Waals surface area contributed by atoms with Crippen LogP contribution in [0.3, 0.4) is 0 Å². The third-order valence-electron chi connectivity index (χ3n) is 2.99. The van der Waals surface area contributed by atoms with Crippen molar-refractivity contribution < 1.29 is 0 Å². The first-order valence-corrected chi connectivity index (χ1v) is 6.15. The minimum atomic E-state index is 0.0679. The number of aryl methyl sites for hydroxylation is 1. The van der Waals surface area contributed by atoms with Crippen LogP contribution in [0.25, 0.3) is 0 Å². The summed E-state index contributed by atoms with van der Waals surface area (Å²) in [6.45, 7) is 2.09. The quantitative estimate of drug-likeness (QED) is 0.861. The summed E-state index contributed by atoms with van der Waals surface area (Å²) in [5.41, 5.74) is 15.6. The van der Waals surface area contributed by atoms with Gasteiger partial charge >= 0.3 is 0 Å². The van der Waals surface area contributed by atoms with Gasteiger partial charge in [0.2, 0.25) is 0 Å². The molecule has 0 saturated carbocycles. The van der Waals surface area contributed by atoms with Crippen molar-refractivity contribution in [1.82, 2.24) is 4.98 Å². The van der Waals surface area contributed by atoms with Crippen LogP contribution in [0, 0.1) is 6.92 Å². The maximum absolute atomic E-state index is 6.17. The van der Waals surface area contributed by atoms with E-state index in [-0.39, 0.29) is 6.04 Å². The third kappa shape index (κ3) is 3.31. The summed E-state index contributed by atoms with van der Waals surface area (Å²) in [4.78, 5) is 4.08. The lowest BCUT2D eigenvalue weighted by atomic mass is 9.99. The summed E-state index contributed by atoms with van der Waals surface area (Å²) in [5, 5.41) is 0. The zero-order valence-electron chi connectivity index (χ0n) is 10.6. The molecule has 0 saturated heterocycles. The molecule has 1 aromatic heterocycles. The molecule has 1 aromatic carbocycles. The average Bonchev–Trinajstić information content (AvgIpc) is 2.32. The first-order chi connectivity index (χ1) is 8.65. The fourth-order valence-electron chi connectivity index (χ4n) is 2.12. The summed E-state index contributed by atoms with van der Waals surface area (Å²) >= 11 is 0. The molecule has 2 aromatic rings. The van der Waals surface area contributed by atoms with Crippen LogP contribution in [0.2, 0.25) is 0 Å². The maximum atomic E-state index is 6.17. The number of nitrogens with two attached hydrogens (primary N) is 2. The van der Waals surface area contributed by atoms with Crippen molar-refractivity contribution in [2.75, 3.05) is 5.73 Å². The normalized spacial score (nSPS) is 12.3. The molecule has 4 N–H and O–H groups in total. The van der Waals surface area contributed by atoms with Gasteiger partial charge in [0.05, 0.1) is 0 Å². The second-order valence-electron chi connectivity index (χ2n) is 4.71. The largest absolute Gasteiger partial charge is 0.383 e. The van der Waals surface area contributed by atoms with Crippen molar-refractivity contribution >= 4 is 5.82 Å². The van der Waals surface area contributed by atoms with Crippen molar-refractivity contribution in [2.45, 2.75) is 25.8 Å². The summed E-state index contributed by atoms with van der Waals surface area (Å²) < 4.78 is 0. The van der Waals surface area contributed by atoms with Gasteiger partial charge in [-0.15, -0.1) is 0 Å². The molecule has 0 aliphatic heterocycles. The fourth-order valence-corrected chi connectivity index (χ4v) is 2.12.